The molecule has 0 saturated carbocycles. The van der Waals surface area contributed by atoms with Crippen LogP contribution in [0.1, 0.15) is 32.6 Å². The van der Waals surface area contributed by atoms with E-state index in [0.717, 1.165) is 6.26 Å². The molecule has 0 bridgehead atoms. The summed E-state index contributed by atoms with van der Waals surface area (Å²) in [5.74, 6) is -0.348. The standard InChI is InChI=1S/C14H25NO6S/c1-13(18)6-9-21-14(12(13)17)4-7-15(8-5-14)11(16)3-10-22(2,19)20/h12,17-18H,3-10H2,1-2H3/t12-,13+/m0/s1. The van der Waals surface area contributed by atoms with Crippen molar-refractivity contribution < 1.29 is 28.2 Å². The molecule has 0 aliphatic carbocycles. The largest absolute Gasteiger partial charge is 0.387 e. The fraction of sp³-hybridized carbons (Fsp3) is 0.929. The van der Waals surface area contributed by atoms with Crippen LogP contribution in [-0.4, -0.2) is 78.4 Å². The Kier molecular flexibility index (Phi) is 4.87. The van der Waals surface area contributed by atoms with Crippen molar-refractivity contribution in [3.8, 4) is 0 Å². The maximum absolute atomic E-state index is 12.0. The Morgan fingerprint density at radius 2 is 1.91 bits per heavy atom. The van der Waals surface area contributed by atoms with E-state index in [0.29, 0.717) is 39.0 Å². The van der Waals surface area contributed by atoms with Gasteiger partial charge in [0.05, 0.1) is 18.0 Å². The van der Waals surface area contributed by atoms with Crippen LogP contribution in [0.3, 0.4) is 0 Å². The van der Waals surface area contributed by atoms with Gasteiger partial charge in [-0.3, -0.25) is 4.79 Å². The zero-order valence-electron chi connectivity index (χ0n) is 13.1. The molecule has 2 aliphatic heterocycles. The summed E-state index contributed by atoms with van der Waals surface area (Å²) in [4.78, 5) is 13.6. The normalized spacial score (nSPS) is 32.2. The zero-order chi connectivity index (χ0) is 16.6. The van der Waals surface area contributed by atoms with Gasteiger partial charge in [0.15, 0.2) is 0 Å². The highest BCUT2D eigenvalue weighted by atomic mass is 32.2. The number of aliphatic hydroxyl groups is 2. The Labute approximate surface area is 131 Å². The average Bonchev–Trinajstić information content (AvgIpc) is 2.42. The lowest BCUT2D eigenvalue weighted by Gasteiger charge is -2.51. The Bertz CT molecular complexity index is 521. The van der Waals surface area contributed by atoms with Crippen LogP contribution in [-0.2, 0) is 19.4 Å². The van der Waals surface area contributed by atoms with Crippen LogP contribution in [0.2, 0.25) is 0 Å². The molecule has 22 heavy (non-hydrogen) atoms. The second kappa shape index (κ2) is 6.07. The summed E-state index contributed by atoms with van der Waals surface area (Å²) in [5, 5.41) is 20.6. The van der Waals surface area contributed by atoms with Crippen molar-refractivity contribution in [1.29, 1.82) is 0 Å². The van der Waals surface area contributed by atoms with Gasteiger partial charge in [0.25, 0.3) is 0 Å². The SMILES string of the molecule is C[C@@]1(O)CCOC2(CCN(C(=O)CCS(C)(=O)=O)CC2)[C@H]1O. The van der Waals surface area contributed by atoms with Crippen molar-refractivity contribution in [2.75, 3.05) is 31.7 Å². The maximum atomic E-state index is 12.0. The molecule has 2 rings (SSSR count). The number of hydrogen-bond acceptors (Lipinski definition) is 6. The van der Waals surface area contributed by atoms with Crippen LogP contribution >= 0.6 is 0 Å². The van der Waals surface area contributed by atoms with Gasteiger partial charge in [0.1, 0.15) is 21.5 Å². The van der Waals surface area contributed by atoms with E-state index in [4.69, 9.17) is 4.74 Å². The highest BCUT2D eigenvalue weighted by Gasteiger charge is 2.52. The van der Waals surface area contributed by atoms with Crippen LogP contribution in [0.4, 0.5) is 0 Å². The molecule has 2 saturated heterocycles. The van der Waals surface area contributed by atoms with Gasteiger partial charge < -0.3 is 19.8 Å². The minimum Gasteiger partial charge on any atom is -0.387 e. The van der Waals surface area contributed by atoms with E-state index in [1.807, 2.05) is 0 Å². The van der Waals surface area contributed by atoms with Crippen molar-refractivity contribution in [2.45, 2.75) is 49.9 Å². The van der Waals surface area contributed by atoms with E-state index in [9.17, 15) is 23.4 Å². The van der Waals surface area contributed by atoms with E-state index in [-0.39, 0.29) is 18.1 Å². The number of aliphatic hydroxyl groups excluding tert-OH is 1. The number of nitrogens with zero attached hydrogens (tertiary/aromatic N) is 1. The van der Waals surface area contributed by atoms with Crippen molar-refractivity contribution in [1.82, 2.24) is 4.90 Å². The number of likely N-dealkylation sites (tertiary alicyclic amines) is 1. The summed E-state index contributed by atoms with van der Waals surface area (Å²) in [6.07, 6.45) is 1.37. The van der Waals surface area contributed by atoms with Crippen molar-refractivity contribution in [3.05, 3.63) is 0 Å². The predicted molar refractivity (Wildman–Crippen MR) is 80.1 cm³/mol. The number of piperidine rings is 1. The fourth-order valence-corrected chi connectivity index (χ4v) is 3.77. The number of hydrogen-bond donors (Lipinski definition) is 2. The van der Waals surface area contributed by atoms with Gasteiger partial charge in [-0.2, -0.15) is 0 Å². The van der Waals surface area contributed by atoms with Gasteiger partial charge in [-0.05, 0) is 19.8 Å². The van der Waals surface area contributed by atoms with Crippen LogP contribution in [0.15, 0.2) is 0 Å². The summed E-state index contributed by atoms with van der Waals surface area (Å²) in [6, 6.07) is 0. The molecule has 0 aromatic carbocycles. The third kappa shape index (κ3) is 3.79. The molecule has 0 radical (unpaired) electrons. The van der Waals surface area contributed by atoms with Gasteiger partial charge in [-0.15, -0.1) is 0 Å². The quantitative estimate of drug-likeness (QED) is 0.708. The predicted octanol–water partition coefficient (Wildman–Crippen LogP) is -0.685. The molecule has 1 spiro atoms. The molecule has 2 N–H and O–H groups in total. The first-order chi connectivity index (χ1) is 10.1. The monoisotopic (exact) mass is 335 g/mol. The third-order valence-corrected chi connectivity index (χ3v) is 5.68. The molecule has 2 fully saturated rings. The second-order valence-corrected chi connectivity index (χ2v) is 8.94. The summed E-state index contributed by atoms with van der Waals surface area (Å²) in [7, 11) is -3.15. The molecule has 0 aromatic rings. The Hall–Kier alpha value is -0.700. The number of ether oxygens (including phenoxy) is 1. The molecule has 0 unspecified atom stereocenters. The molecule has 7 nitrogen and oxygen atoms in total. The molecular formula is C14H25NO6S. The maximum Gasteiger partial charge on any atom is 0.223 e. The molecular weight excluding hydrogens is 310 g/mol. The minimum absolute atomic E-state index is 0.0209. The molecule has 2 atom stereocenters. The van der Waals surface area contributed by atoms with Crippen LogP contribution < -0.4 is 0 Å². The smallest absolute Gasteiger partial charge is 0.223 e. The van der Waals surface area contributed by atoms with Crippen molar-refractivity contribution in [3.63, 3.8) is 0 Å². The van der Waals surface area contributed by atoms with E-state index in [1.54, 1.807) is 11.8 Å². The first-order valence-electron chi connectivity index (χ1n) is 7.56. The number of sulfone groups is 1. The van der Waals surface area contributed by atoms with E-state index < -0.39 is 27.1 Å². The summed E-state index contributed by atoms with van der Waals surface area (Å²) in [5.41, 5.74) is -1.99. The number of amides is 1. The van der Waals surface area contributed by atoms with Crippen LogP contribution in [0.5, 0.6) is 0 Å². The summed E-state index contributed by atoms with van der Waals surface area (Å²) in [6.45, 7) is 2.78. The minimum atomic E-state index is -3.15. The van der Waals surface area contributed by atoms with Crippen LogP contribution in [0.25, 0.3) is 0 Å². The molecule has 1 amide bonds. The molecule has 8 heteroatoms. The van der Waals surface area contributed by atoms with E-state index in [2.05, 4.69) is 0 Å². The van der Waals surface area contributed by atoms with Gasteiger partial charge in [0, 0.05) is 32.2 Å². The Morgan fingerprint density at radius 1 is 1.32 bits per heavy atom. The molecule has 2 aliphatic rings. The van der Waals surface area contributed by atoms with Gasteiger partial charge >= 0.3 is 0 Å². The van der Waals surface area contributed by atoms with Gasteiger partial charge in [-0.1, -0.05) is 0 Å². The highest BCUT2D eigenvalue weighted by molar-refractivity contribution is 7.90. The highest BCUT2D eigenvalue weighted by Crippen LogP contribution is 2.39. The Balaban J connectivity index is 1.94. The first kappa shape index (κ1) is 17.7. The lowest BCUT2D eigenvalue weighted by Crippen LogP contribution is -2.64. The lowest BCUT2D eigenvalue weighted by molar-refractivity contribution is -0.245. The van der Waals surface area contributed by atoms with E-state index >= 15 is 0 Å². The second-order valence-electron chi connectivity index (χ2n) is 6.68. The summed E-state index contributed by atoms with van der Waals surface area (Å²) < 4.78 is 28.0. The average molecular weight is 335 g/mol. The number of carbonyl (C=O) groups is 1. The van der Waals surface area contributed by atoms with Gasteiger partial charge in [-0.25, -0.2) is 8.42 Å². The van der Waals surface area contributed by atoms with Crippen molar-refractivity contribution >= 4 is 15.7 Å². The topological polar surface area (TPSA) is 104 Å². The molecule has 0 aromatic heterocycles. The molecule has 128 valence electrons. The number of carbonyl (C=O) groups excluding carboxylic acids is 1. The van der Waals surface area contributed by atoms with Crippen molar-refractivity contribution in [2.24, 2.45) is 0 Å². The lowest BCUT2D eigenvalue weighted by atomic mass is 9.75. The van der Waals surface area contributed by atoms with Gasteiger partial charge in [0.2, 0.25) is 5.91 Å². The first-order valence-corrected chi connectivity index (χ1v) is 9.62. The fourth-order valence-electron chi connectivity index (χ4n) is 3.23. The zero-order valence-corrected chi connectivity index (χ0v) is 13.9. The molecule has 2 heterocycles. The van der Waals surface area contributed by atoms with E-state index in [1.165, 1.54) is 0 Å². The number of rotatable bonds is 3. The third-order valence-electron chi connectivity index (χ3n) is 4.73. The van der Waals surface area contributed by atoms with Crippen LogP contribution in [0, 0.1) is 0 Å². The Morgan fingerprint density at radius 3 is 2.45 bits per heavy atom. The summed E-state index contributed by atoms with van der Waals surface area (Å²) >= 11 is 0.